The summed E-state index contributed by atoms with van der Waals surface area (Å²) in [5.41, 5.74) is 5.43. The number of hydrogen-bond donors (Lipinski definition) is 0. The van der Waals surface area contributed by atoms with Crippen LogP contribution in [-0.4, -0.2) is 15.0 Å². The highest BCUT2D eigenvalue weighted by Gasteiger charge is 2.04. The summed E-state index contributed by atoms with van der Waals surface area (Å²) in [4.78, 5) is 1.66. The van der Waals surface area contributed by atoms with Crippen LogP contribution in [0.1, 0.15) is 11.1 Å². The molecule has 3 nitrogen and oxygen atoms in total. The van der Waals surface area contributed by atoms with Crippen molar-refractivity contribution in [2.75, 3.05) is 0 Å². The highest BCUT2D eigenvalue weighted by atomic mass is 15.5. The van der Waals surface area contributed by atoms with Gasteiger partial charge in [-0.25, -0.2) is 0 Å². The van der Waals surface area contributed by atoms with E-state index in [1.54, 1.807) is 11.0 Å². The van der Waals surface area contributed by atoms with E-state index >= 15 is 0 Å². The maximum absolute atomic E-state index is 4.52. The maximum Gasteiger partial charge on any atom is 0.113 e. The van der Waals surface area contributed by atoms with Crippen LogP contribution in [0.15, 0.2) is 54.7 Å². The topological polar surface area (TPSA) is 30.7 Å². The van der Waals surface area contributed by atoms with E-state index < -0.39 is 0 Å². The molecule has 1 heterocycles. The average Bonchev–Trinajstić information content (AvgIpc) is 2.90. The average molecular weight is 249 g/mol. The van der Waals surface area contributed by atoms with Crippen LogP contribution in [0.25, 0.3) is 16.9 Å². The summed E-state index contributed by atoms with van der Waals surface area (Å²) in [5, 5.41) is 8.84. The quantitative estimate of drug-likeness (QED) is 0.695. The van der Waals surface area contributed by atoms with Gasteiger partial charge in [-0.05, 0) is 26.0 Å². The van der Waals surface area contributed by atoms with Gasteiger partial charge in [0, 0.05) is 5.56 Å². The Kier molecular flexibility index (Phi) is 2.88. The SMILES string of the molecule is Cc1ccc(-c2cnn(-c3ccc(C)cc3)n2)cc1. The van der Waals surface area contributed by atoms with Crippen molar-refractivity contribution in [1.82, 2.24) is 15.0 Å². The number of aryl methyl sites for hydroxylation is 2. The summed E-state index contributed by atoms with van der Waals surface area (Å²) in [5.74, 6) is 0. The Morgan fingerprint density at radius 1 is 0.789 bits per heavy atom. The normalized spacial score (nSPS) is 10.6. The number of nitrogens with zero attached hydrogens (tertiary/aromatic N) is 3. The molecule has 0 radical (unpaired) electrons. The number of benzene rings is 2. The van der Waals surface area contributed by atoms with Crippen LogP contribution in [0, 0.1) is 13.8 Å². The molecule has 0 aliphatic rings. The molecular formula is C16H15N3. The summed E-state index contributed by atoms with van der Waals surface area (Å²) < 4.78 is 0. The van der Waals surface area contributed by atoms with Gasteiger partial charge in [-0.3, -0.25) is 0 Å². The van der Waals surface area contributed by atoms with Gasteiger partial charge in [-0.2, -0.15) is 9.90 Å². The van der Waals surface area contributed by atoms with Crippen molar-refractivity contribution >= 4 is 0 Å². The summed E-state index contributed by atoms with van der Waals surface area (Å²) in [6, 6.07) is 16.5. The van der Waals surface area contributed by atoms with Crippen molar-refractivity contribution in [1.29, 1.82) is 0 Å². The largest absolute Gasteiger partial charge is 0.156 e. The van der Waals surface area contributed by atoms with E-state index in [1.165, 1.54) is 11.1 Å². The second-order valence-corrected chi connectivity index (χ2v) is 4.72. The van der Waals surface area contributed by atoms with Crippen molar-refractivity contribution in [3.63, 3.8) is 0 Å². The maximum atomic E-state index is 4.52. The lowest BCUT2D eigenvalue weighted by Gasteiger charge is -2.00. The summed E-state index contributed by atoms with van der Waals surface area (Å²) >= 11 is 0. The first-order valence-corrected chi connectivity index (χ1v) is 6.29. The third-order valence-corrected chi connectivity index (χ3v) is 3.10. The van der Waals surface area contributed by atoms with Gasteiger partial charge in [0.2, 0.25) is 0 Å². The molecule has 0 saturated heterocycles. The van der Waals surface area contributed by atoms with Crippen LogP contribution in [0.4, 0.5) is 0 Å². The van der Waals surface area contributed by atoms with E-state index in [9.17, 15) is 0 Å². The first-order chi connectivity index (χ1) is 9.22. The predicted octanol–water partition coefficient (Wildman–Crippen LogP) is 3.55. The van der Waals surface area contributed by atoms with Crippen LogP contribution in [-0.2, 0) is 0 Å². The smallest absolute Gasteiger partial charge is 0.113 e. The highest BCUT2D eigenvalue weighted by Crippen LogP contribution is 2.17. The Labute approximate surface area is 112 Å². The number of hydrogen-bond acceptors (Lipinski definition) is 2. The molecule has 0 amide bonds. The number of rotatable bonds is 2. The zero-order valence-corrected chi connectivity index (χ0v) is 11.0. The molecule has 0 N–H and O–H groups in total. The summed E-state index contributed by atoms with van der Waals surface area (Å²) in [7, 11) is 0. The fraction of sp³-hybridized carbons (Fsp3) is 0.125. The van der Waals surface area contributed by atoms with E-state index in [1.807, 2.05) is 12.1 Å². The fourth-order valence-corrected chi connectivity index (χ4v) is 1.92. The van der Waals surface area contributed by atoms with Crippen molar-refractivity contribution in [2.45, 2.75) is 13.8 Å². The lowest BCUT2D eigenvalue weighted by Crippen LogP contribution is -1.98. The Morgan fingerprint density at radius 3 is 2.00 bits per heavy atom. The second-order valence-electron chi connectivity index (χ2n) is 4.72. The molecule has 3 heteroatoms. The van der Waals surface area contributed by atoms with Crippen LogP contribution >= 0.6 is 0 Å². The molecule has 3 rings (SSSR count). The zero-order chi connectivity index (χ0) is 13.2. The van der Waals surface area contributed by atoms with Crippen LogP contribution in [0.5, 0.6) is 0 Å². The van der Waals surface area contributed by atoms with Crippen LogP contribution in [0.2, 0.25) is 0 Å². The van der Waals surface area contributed by atoms with Gasteiger partial charge >= 0.3 is 0 Å². The molecule has 0 aliphatic carbocycles. The molecule has 0 bridgehead atoms. The van der Waals surface area contributed by atoms with Crippen LogP contribution in [0.3, 0.4) is 0 Å². The first-order valence-electron chi connectivity index (χ1n) is 6.29. The molecule has 0 saturated carbocycles. The van der Waals surface area contributed by atoms with Crippen molar-refractivity contribution in [3.8, 4) is 16.9 Å². The Bertz CT molecular complexity index is 619. The Hall–Kier alpha value is -2.42. The molecule has 1 aromatic heterocycles. The van der Waals surface area contributed by atoms with Crippen molar-refractivity contribution in [3.05, 3.63) is 65.9 Å². The molecular weight excluding hydrogens is 234 g/mol. The third-order valence-electron chi connectivity index (χ3n) is 3.10. The van der Waals surface area contributed by atoms with Gasteiger partial charge in [0.05, 0.1) is 11.9 Å². The van der Waals surface area contributed by atoms with Gasteiger partial charge in [0.25, 0.3) is 0 Å². The van der Waals surface area contributed by atoms with Gasteiger partial charge in [-0.15, -0.1) is 5.10 Å². The molecule has 2 aromatic carbocycles. The van der Waals surface area contributed by atoms with E-state index in [-0.39, 0.29) is 0 Å². The first kappa shape index (κ1) is 11.7. The molecule has 0 atom stereocenters. The zero-order valence-electron chi connectivity index (χ0n) is 11.0. The fourth-order valence-electron chi connectivity index (χ4n) is 1.92. The van der Waals surface area contributed by atoms with Crippen LogP contribution < -0.4 is 0 Å². The molecule has 0 aliphatic heterocycles. The lowest BCUT2D eigenvalue weighted by molar-refractivity contribution is 0.753. The van der Waals surface area contributed by atoms with E-state index in [4.69, 9.17) is 0 Å². The number of aromatic nitrogens is 3. The summed E-state index contributed by atoms with van der Waals surface area (Å²) in [6.07, 6.45) is 1.80. The standard InChI is InChI=1S/C16H15N3/c1-12-3-7-14(8-4-12)16-11-17-19(18-16)15-9-5-13(2)6-10-15/h3-11H,1-2H3. The summed E-state index contributed by atoms with van der Waals surface area (Å²) in [6.45, 7) is 4.14. The third kappa shape index (κ3) is 2.40. The monoisotopic (exact) mass is 249 g/mol. The second kappa shape index (κ2) is 4.69. The van der Waals surface area contributed by atoms with Gasteiger partial charge < -0.3 is 0 Å². The lowest BCUT2D eigenvalue weighted by atomic mass is 10.1. The van der Waals surface area contributed by atoms with Crippen molar-refractivity contribution < 1.29 is 0 Å². The molecule has 0 fully saturated rings. The minimum absolute atomic E-state index is 0.889. The van der Waals surface area contributed by atoms with Crippen molar-refractivity contribution in [2.24, 2.45) is 0 Å². The predicted molar refractivity (Wildman–Crippen MR) is 76.3 cm³/mol. The minimum atomic E-state index is 0.889. The highest BCUT2D eigenvalue weighted by molar-refractivity contribution is 5.58. The molecule has 0 spiro atoms. The Morgan fingerprint density at radius 2 is 1.37 bits per heavy atom. The van der Waals surface area contributed by atoms with Gasteiger partial charge in [0.1, 0.15) is 5.69 Å². The molecule has 19 heavy (non-hydrogen) atoms. The molecule has 94 valence electrons. The van der Waals surface area contributed by atoms with E-state index in [0.717, 1.165) is 16.9 Å². The molecule has 3 aromatic rings. The van der Waals surface area contributed by atoms with Gasteiger partial charge in [0.15, 0.2) is 0 Å². The van der Waals surface area contributed by atoms with E-state index in [2.05, 4.69) is 60.4 Å². The molecule has 0 unspecified atom stereocenters. The van der Waals surface area contributed by atoms with E-state index in [0.29, 0.717) is 0 Å². The Balaban J connectivity index is 1.95. The minimum Gasteiger partial charge on any atom is -0.156 e. The van der Waals surface area contributed by atoms with Gasteiger partial charge in [-0.1, -0.05) is 47.5 Å².